The number of rotatable bonds is 6. The molecular formula is C8H17ClO2. The molecule has 0 heterocycles. The second kappa shape index (κ2) is 6.89. The van der Waals surface area contributed by atoms with E-state index in [1.165, 1.54) is 0 Å². The molecule has 0 saturated carbocycles. The smallest absolute Gasteiger partial charge is 0.0626 e. The first kappa shape index (κ1) is 11.2. The molecule has 0 aromatic heterocycles. The van der Waals surface area contributed by atoms with Crippen molar-refractivity contribution in [2.45, 2.75) is 31.2 Å². The van der Waals surface area contributed by atoms with Crippen LogP contribution in [0, 0.1) is 0 Å². The molecule has 3 heteroatoms. The standard InChI is InChI=1S/C8H17ClO2/c1-7(11-3)4-5-8(9)6-10-2/h7-8H,4-6H2,1-3H3. The Hall–Kier alpha value is 0.210. The molecule has 0 amide bonds. The Morgan fingerprint density at radius 1 is 1.27 bits per heavy atom. The van der Waals surface area contributed by atoms with E-state index in [0.717, 1.165) is 12.8 Å². The van der Waals surface area contributed by atoms with Crippen LogP contribution in [0.15, 0.2) is 0 Å². The van der Waals surface area contributed by atoms with E-state index in [9.17, 15) is 0 Å². The molecule has 0 radical (unpaired) electrons. The summed E-state index contributed by atoms with van der Waals surface area (Å²) in [5.74, 6) is 0. The molecule has 0 aromatic rings. The van der Waals surface area contributed by atoms with E-state index in [1.54, 1.807) is 14.2 Å². The minimum absolute atomic E-state index is 0.123. The van der Waals surface area contributed by atoms with Crippen LogP contribution in [0.3, 0.4) is 0 Å². The summed E-state index contributed by atoms with van der Waals surface area (Å²) >= 11 is 5.90. The van der Waals surface area contributed by atoms with Crippen LogP contribution in [0.5, 0.6) is 0 Å². The summed E-state index contributed by atoms with van der Waals surface area (Å²) in [6.07, 6.45) is 2.24. The fourth-order valence-corrected chi connectivity index (χ4v) is 1.05. The number of ether oxygens (including phenoxy) is 2. The van der Waals surface area contributed by atoms with Crippen LogP contribution in [-0.4, -0.2) is 32.3 Å². The van der Waals surface area contributed by atoms with Gasteiger partial charge in [0.15, 0.2) is 0 Å². The summed E-state index contributed by atoms with van der Waals surface area (Å²) < 4.78 is 9.98. The molecule has 2 atom stereocenters. The molecule has 0 aromatic carbocycles. The van der Waals surface area contributed by atoms with Crippen LogP contribution < -0.4 is 0 Å². The van der Waals surface area contributed by atoms with Crippen molar-refractivity contribution in [1.82, 2.24) is 0 Å². The molecule has 0 saturated heterocycles. The van der Waals surface area contributed by atoms with E-state index in [2.05, 4.69) is 0 Å². The maximum Gasteiger partial charge on any atom is 0.0626 e. The minimum atomic E-state index is 0.123. The molecule has 0 aliphatic carbocycles. The molecule has 11 heavy (non-hydrogen) atoms. The van der Waals surface area contributed by atoms with Crippen molar-refractivity contribution in [2.24, 2.45) is 0 Å². The molecule has 0 aliphatic rings. The lowest BCUT2D eigenvalue weighted by atomic mass is 10.2. The van der Waals surface area contributed by atoms with Gasteiger partial charge in [-0.1, -0.05) is 0 Å². The third-order valence-electron chi connectivity index (χ3n) is 1.64. The third kappa shape index (κ3) is 6.60. The van der Waals surface area contributed by atoms with Gasteiger partial charge in [-0.25, -0.2) is 0 Å². The van der Waals surface area contributed by atoms with Gasteiger partial charge in [0.05, 0.1) is 18.1 Å². The molecule has 0 aliphatic heterocycles. The van der Waals surface area contributed by atoms with Crippen LogP contribution in [0.4, 0.5) is 0 Å². The number of methoxy groups -OCH3 is 2. The van der Waals surface area contributed by atoms with Crippen LogP contribution in [0.2, 0.25) is 0 Å². The highest BCUT2D eigenvalue weighted by Crippen LogP contribution is 2.09. The molecule has 0 rings (SSSR count). The fraction of sp³-hybridized carbons (Fsp3) is 1.00. The topological polar surface area (TPSA) is 18.5 Å². The summed E-state index contributed by atoms with van der Waals surface area (Å²) in [6, 6.07) is 0. The second-order valence-corrected chi connectivity index (χ2v) is 3.29. The van der Waals surface area contributed by atoms with Crippen molar-refractivity contribution in [3.8, 4) is 0 Å². The van der Waals surface area contributed by atoms with Crippen LogP contribution >= 0.6 is 11.6 Å². The molecule has 2 nitrogen and oxygen atoms in total. The van der Waals surface area contributed by atoms with Crippen molar-refractivity contribution in [1.29, 1.82) is 0 Å². The van der Waals surface area contributed by atoms with Gasteiger partial charge in [-0.15, -0.1) is 11.6 Å². The van der Waals surface area contributed by atoms with Gasteiger partial charge < -0.3 is 9.47 Å². The zero-order chi connectivity index (χ0) is 8.69. The Bertz CT molecular complexity index is 88.2. The Labute approximate surface area is 73.8 Å². The van der Waals surface area contributed by atoms with Crippen molar-refractivity contribution in [3.63, 3.8) is 0 Å². The monoisotopic (exact) mass is 180 g/mol. The van der Waals surface area contributed by atoms with Crippen molar-refractivity contribution in [2.75, 3.05) is 20.8 Å². The first-order valence-corrected chi connectivity index (χ1v) is 4.30. The molecule has 0 spiro atoms. The Kier molecular flexibility index (Phi) is 7.02. The number of halogens is 1. The van der Waals surface area contributed by atoms with Gasteiger partial charge in [0.25, 0.3) is 0 Å². The van der Waals surface area contributed by atoms with Crippen molar-refractivity contribution < 1.29 is 9.47 Å². The number of alkyl halides is 1. The average molecular weight is 181 g/mol. The van der Waals surface area contributed by atoms with Gasteiger partial charge in [0, 0.05) is 14.2 Å². The maximum absolute atomic E-state index is 5.90. The highest BCUT2D eigenvalue weighted by molar-refractivity contribution is 6.20. The highest BCUT2D eigenvalue weighted by Gasteiger charge is 2.06. The summed E-state index contributed by atoms with van der Waals surface area (Å²) in [5.41, 5.74) is 0. The predicted molar refractivity (Wildman–Crippen MR) is 47.2 cm³/mol. The summed E-state index contributed by atoms with van der Waals surface area (Å²) in [5, 5.41) is 0.123. The third-order valence-corrected chi connectivity index (χ3v) is 1.98. The predicted octanol–water partition coefficient (Wildman–Crippen LogP) is 2.06. The summed E-state index contributed by atoms with van der Waals surface area (Å²) in [7, 11) is 3.37. The molecule has 0 fully saturated rings. The second-order valence-electron chi connectivity index (χ2n) is 2.68. The fourth-order valence-electron chi connectivity index (χ4n) is 0.798. The van der Waals surface area contributed by atoms with E-state index in [1.807, 2.05) is 6.92 Å². The molecule has 0 bridgehead atoms. The largest absolute Gasteiger partial charge is 0.383 e. The van der Waals surface area contributed by atoms with Crippen molar-refractivity contribution >= 4 is 11.6 Å². The van der Waals surface area contributed by atoms with E-state index < -0.39 is 0 Å². The van der Waals surface area contributed by atoms with Gasteiger partial charge in [0.2, 0.25) is 0 Å². The SMILES string of the molecule is COCC(Cl)CCC(C)OC. The van der Waals surface area contributed by atoms with Crippen LogP contribution in [0.1, 0.15) is 19.8 Å². The zero-order valence-electron chi connectivity index (χ0n) is 7.47. The van der Waals surface area contributed by atoms with E-state index in [0.29, 0.717) is 12.7 Å². The Morgan fingerprint density at radius 3 is 2.36 bits per heavy atom. The quantitative estimate of drug-likeness (QED) is 0.583. The van der Waals surface area contributed by atoms with Gasteiger partial charge in [-0.3, -0.25) is 0 Å². The lowest BCUT2D eigenvalue weighted by Gasteiger charge is -2.11. The first-order chi connectivity index (χ1) is 5.20. The lowest BCUT2D eigenvalue weighted by molar-refractivity contribution is 0.105. The molecular weight excluding hydrogens is 164 g/mol. The normalized spacial score (nSPS) is 16.4. The first-order valence-electron chi connectivity index (χ1n) is 3.86. The van der Waals surface area contributed by atoms with Crippen LogP contribution in [0.25, 0.3) is 0 Å². The highest BCUT2D eigenvalue weighted by atomic mass is 35.5. The van der Waals surface area contributed by atoms with E-state index >= 15 is 0 Å². The molecule has 0 N–H and O–H groups in total. The number of hydrogen-bond acceptors (Lipinski definition) is 2. The van der Waals surface area contributed by atoms with E-state index in [-0.39, 0.29) is 5.38 Å². The molecule has 2 unspecified atom stereocenters. The van der Waals surface area contributed by atoms with Gasteiger partial charge in [-0.2, -0.15) is 0 Å². The number of hydrogen-bond donors (Lipinski definition) is 0. The zero-order valence-corrected chi connectivity index (χ0v) is 8.23. The van der Waals surface area contributed by atoms with E-state index in [4.69, 9.17) is 21.1 Å². The Morgan fingerprint density at radius 2 is 1.91 bits per heavy atom. The maximum atomic E-state index is 5.90. The minimum Gasteiger partial charge on any atom is -0.383 e. The summed E-state index contributed by atoms with van der Waals surface area (Å²) in [4.78, 5) is 0. The van der Waals surface area contributed by atoms with Crippen molar-refractivity contribution in [3.05, 3.63) is 0 Å². The average Bonchev–Trinajstić information content (AvgIpc) is 2.01. The molecule has 68 valence electrons. The Balaban J connectivity index is 3.22. The summed E-state index contributed by atoms with van der Waals surface area (Å²) in [6.45, 7) is 2.66. The van der Waals surface area contributed by atoms with Crippen LogP contribution in [-0.2, 0) is 9.47 Å². The lowest BCUT2D eigenvalue weighted by Crippen LogP contribution is -2.12. The van der Waals surface area contributed by atoms with Gasteiger partial charge in [-0.05, 0) is 19.8 Å². The van der Waals surface area contributed by atoms with Gasteiger partial charge >= 0.3 is 0 Å². The van der Waals surface area contributed by atoms with Gasteiger partial charge in [0.1, 0.15) is 0 Å².